The average molecular weight is 200 g/mol. The second kappa shape index (κ2) is 4.23. The quantitative estimate of drug-likeness (QED) is 0.687. The van der Waals surface area contributed by atoms with Gasteiger partial charge in [0, 0.05) is 13.1 Å². The molecule has 0 aromatic carbocycles. The maximum Gasteiger partial charge on any atom is 0.303 e. The van der Waals surface area contributed by atoms with Crippen LogP contribution in [-0.2, 0) is 9.53 Å². The normalized spacial score (nSPS) is 12.2. The topological polar surface area (TPSA) is 39.2 Å². The molecule has 0 spiro atoms. The van der Waals surface area contributed by atoms with Crippen LogP contribution < -0.4 is 0 Å². The van der Waals surface area contributed by atoms with Crippen LogP contribution in [-0.4, -0.2) is 11.0 Å². The van der Waals surface area contributed by atoms with Gasteiger partial charge in [-0.05, 0) is 19.1 Å². The average Bonchev–Trinajstić information content (AvgIpc) is 2.04. The van der Waals surface area contributed by atoms with E-state index in [1.807, 2.05) is 0 Å². The van der Waals surface area contributed by atoms with Crippen LogP contribution in [0.25, 0.3) is 0 Å². The van der Waals surface area contributed by atoms with E-state index in [4.69, 9.17) is 16.3 Å². The van der Waals surface area contributed by atoms with Gasteiger partial charge in [0.1, 0.15) is 6.10 Å². The Morgan fingerprint density at radius 2 is 2.31 bits per heavy atom. The molecule has 1 aromatic rings. The van der Waals surface area contributed by atoms with Gasteiger partial charge in [0.25, 0.3) is 0 Å². The first-order chi connectivity index (χ1) is 6.09. The zero-order valence-electron chi connectivity index (χ0n) is 7.45. The molecule has 70 valence electrons. The molecule has 0 radical (unpaired) electrons. The minimum atomic E-state index is -0.324. The highest BCUT2D eigenvalue weighted by atomic mass is 35.5. The fraction of sp³-hybridized carbons (Fsp3) is 0.333. The fourth-order valence-corrected chi connectivity index (χ4v) is 1.05. The highest BCUT2D eigenvalue weighted by Gasteiger charge is 2.08. The molecule has 1 atom stereocenters. The molecule has 0 aliphatic rings. The van der Waals surface area contributed by atoms with Crippen molar-refractivity contribution in [1.29, 1.82) is 0 Å². The van der Waals surface area contributed by atoms with E-state index in [0.29, 0.717) is 10.7 Å². The molecule has 1 aromatic heterocycles. The lowest BCUT2D eigenvalue weighted by Gasteiger charge is -2.10. The summed E-state index contributed by atoms with van der Waals surface area (Å²) in [4.78, 5) is 14.6. The molecule has 1 heterocycles. The number of carbonyl (C=O) groups is 1. The van der Waals surface area contributed by atoms with Crippen molar-refractivity contribution in [3.8, 4) is 0 Å². The Hall–Kier alpha value is -1.09. The van der Waals surface area contributed by atoms with Gasteiger partial charge < -0.3 is 4.74 Å². The number of aromatic nitrogens is 1. The number of pyridine rings is 1. The Morgan fingerprint density at radius 3 is 2.77 bits per heavy atom. The number of halogens is 1. The van der Waals surface area contributed by atoms with Crippen molar-refractivity contribution in [1.82, 2.24) is 4.98 Å². The molecule has 0 saturated carbocycles. The maximum absolute atomic E-state index is 10.6. The molecular formula is C9H10ClNO2. The van der Waals surface area contributed by atoms with E-state index < -0.39 is 0 Å². The van der Waals surface area contributed by atoms with E-state index in [1.165, 1.54) is 13.1 Å². The van der Waals surface area contributed by atoms with E-state index in [9.17, 15) is 4.79 Å². The summed E-state index contributed by atoms with van der Waals surface area (Å²) >= 11 is 5.65. The largest absolute Gasteiger partial charge is 0.456 e. The number of ether oxygens (including phenoxy) is 1. The fourth-order valence-electron chi connectivity index (χ4n) is 0.937. The van der Waals surface area contributed by atoms with Gasteiger partial charge in [0.15, 0.2) is 0 Å². The third kappa shape index (κ3) is 3.03. The van der Waals surface area contributed by atoms with E-state index in [2.05, 4.69) is 4.98 Å². The van der Waals surface area contributed by atoms with Crippen LogP contribution >= 0.6 is 11.6 Å². The first-order valence-corrected chi connectivity index (χ1v) is 4.26. The molecular weight excluding hydrogens is 190 g/mol. The van der Waals surface area contributed by atoms with Crippen molar-refractivity contribution >= 4 is 17.6 Å². The summed E-state index contributed by atoms with van der Waals surface area (Å²) in [5, 5.41) is 0.568. The van der Waals surface area contributed by atoms with Gasteiger partial charge >= 0.3 is 5.97 Å². The van der Waals surface area contributed by atoms with E-state index >= 15 is 0 Å². The lowest BCUT2D eigenvalue weighted by molar-refractivity contribution is -0.145. The standard InChI is InChI=1S/C9H10ClNO2/c1-6(13-7(2)12)9-4-3-8(10)5-11-9/h3-6H,1-2H3/t6-/m0/s1. The van der Waals surface area contributed by atoms with Crippen LogP contribution in [0.2, 0.25) is 5.02 Å². The van der Waals surface area contributed by atoms with E-state index in [1.54, 1.807) is 19.1 Å². The Morgan fingerprint density at radius 1 is 1.62 bits per heavy atom. The van der Waals surface area contributed by atoms with Crippen molar-refractivity contribution in [2.45, 2.75) is 20.0 Å². The molecule has 0 aliphatic heterocycles. The third-order valence-electron chi connectivity index (χ3n) is 1.51. The van der Waals surface area contributed by atoms with Crippen molar-refractivity contribution in [2.75, 3.05) is 0 Å². The molecule has 0 fully saturated rings. The van der Waals surface area contributed by atoms with Crippen molar-refractivity contribution in [2.24, 2.45) is 0 Å². The minimum absolute atomic E-state index is 0.316. The molecule has 0 aliphatic carbocycles. The summed E-state index contributed by atoms with van der Waals surface area (Å²) in [5.74, 6) is -0.316. The molecule has 0 saturated heterocycles. The summed E-state index contributed by atoms with van der Waals surface area (Å²) < 4.78 is 4.93. The highest BCUT2D eigenvalue weighted by molar-refractivity contribution is 6.30. The second-order valence-electron chi connectivity index (χ2n) is 2.65. The van der Waals surface area contributed by atoms with Gasteiger partial charge in [-0.15, -0.1) is 0 Å². The molecule has 3 nitrogen and oxygen atoms in total. The number of nitrogens with zero attached hydrogens (tertiary/aromatic N) is 1. The van der Waals surface area contributed by atoms with Crippen LogP contribution in [0.4, 0.5) is 0 Å². The van der Waals surface area contributed by atoms with Crippen LogP contribution in [0, 0.1) is 0 Å². The van der Waals surface area contributed by atoms with Gasteiger partial charge in [-0.3, -0.25) is 9.78 Å². The molecule has 1 rings (SSSR count). The van der Waals surface area contributed by atoms with Crippen LogP contribution in [0.1, 0.15) is 25.6 Å². The van der Waals surface area contributed by atoms with Gasteiger partial charge in [-0.25, -0.2) is 0 Å². The van der Waals surface area contributed by atoms with Crippen molar-refractivity contribution in [3.05, 3.63) is 29.0 Å². The number of rotatable bonds is 2. The van der Waals surface area contributed by atoms with Gasteiger partial charge in [-0.1, -0.05) is 11.6 Å². The summed E-state index contributed by atoms with van der Waals surface area (Å²) in [6, 6.07) is 3.44. The summed E-state index contributed by atoms with van der Waals surface area (Å²) in [6.07, 6.45) is 1.20. The first kappa shape index (κ1) is 9.99. The predicted molar refractivity (Wildman–Crippen MR) is 49.4 cm³/mol. The number of carbonyl (C=O) groups excluding carboxylic acids is 1. The Labute approximate surface area is 81.7 Å². The Balaban J connectivity index is 2.71. The minimum Gasteiger partial charge on any atom is -0.456 e. The zero-order valence-corrected chi connectivity index (χ0v) is 8.21. The Bertz CT molecular complexity index is 297. The highest BCUT2D eigenvalue weighted by Crippen LogP contribution is 2.15. The lowest BCUT2D eigenvalue weighted by Crippen LogP contribution is -2.06. The molecule has 4 heteroatoms. The third-order valence-corrected chi connectivity index (χ3v) is 1.73. The van der Waals surface area contributed by atoms with E-state index in [0.717, 1.165) is 0 Å². The maximum atomic E-state index is 10.6. The molecule has 0 unspecified atom stereocenters. The summed E-state index contributed by atoms with van der Waals surface area (Å²) in [6.45, 7) is 3.13. The SMILES string of the molecule is CC(=O)O[C@@H](C)c1ccc(Cl)cn1. The first-order valence-electron chi connectivity index (χ1n) is 3.88. The molecule has 0 amide bonds. The predicted octanol–water partition coefficient (Wildman–Crippen LogP) is 2.36. The van der Waals surface area contributed by atoms with Crippen LogP contribution in [0.3, 0.4) is 0 Å². The monoisotopic (exact) mass is 199 g/mol. The number of esters is 1. The summed E-state index contributed by atoms with van der Waals surface area (Å²) in [7, 11) is 0. The molecule has 13 heavy (non-hydrogen) atoms. The van der Waals surface area contributed by atoms with Gasteiger partial charge in [0.2, 0.25) is 0 Å². The van der Waals surface area contributed by atoms with E-state index in [-0.39, 0.29) is 12.1 Å². The van der Waals surface area contributed by atoms with Crippen molar-refractivity contribution < 1.29 is 9.53 Å². The number of hydrogen-bond donors (Lipinski definition) is 0. The molecule has 0 N–H and O–H groups in total. The lowest BCUT2D eigenvalue weighted by atomic mass is 10.2. The summed E-state index contributed by atoms with van der Waals surface area (Å²) in [5.41, 5.74) is 0.694. The van der Waals surface area contributed by atoms with Crippen molar-refractivity contribution in [3.63, 3.8) is 0 Å². The van der Waals surface area contributed by atoms with Crippen LogP contribution in [0.5, 0.6) is 0 Å². The van der Waals surface area contributed by atoms with Gasteiger partial charge in [0.05, 0.1) is 10.7 Å². The van der Waals surface area contributed by atoms with Crippen LogP contribution in [0.15, 0.2) is 18.3 Å². The number of hydrogen-bond acceptors (Lipinski definition) is 3. The van der Waals surface area contributed by atoms with Gasteiger partial charge in [-0.2, -0.15) is 0 Å². The smallest absolute Gasteiger partial charge is 0.303 e. The Kier molecular flexibility index (Phi) is 3.25. The second-order valence-corrected chi connectivity index (χ2v) is 3.09. The zero-order chi connectivity index (χ0) is 9.84. The molecule has 0 bridgehead atoms.